The van der Waals surface area contributed by atoms with Crippen LogP contribution in [-0.2, 0) is 10.3 Å². The van der Waals surface area contributed by atoms with Crippen LogP contribution >= 0.6 is 0 Å². The number of rotatable bonds is 3. The number of nitrogens with zero attached hydrogens (tertiary/aromatic N) is 2. The van der Waals surface area contributed by atoms with E-state index < -0.39 is 11.4 Å². The third kappa shape index (κ3) is 3.48. The van der Waals surface area contributed by atoms with Gasteiger partial charge in [-0.25, -0.2) is 9.18 Å². The highest BCUT2D eigenvalue weighted by Gasteiger charge is 2.49. The van der Waals surface area contributed by atoms with Crippen LogP contribution in [0.25, 0.3) is 11.1 Å². The number of piperidine rings is 2. The first-order chi connectivity index (χ1) is 16.5. The fraction of sp³-hybridized carbons (Fsp3) is 0.357. The highest BCUT2D eigenvalue weighted by molar-refractivity contribution is 5.79. The lowest BCUT2D eigenvalue weighted by atomic mass is 9.73. The minimum absolute atomic E-state index is 0.0104. The minimum atomic E-state index is -1.19. The number of fused-ring (bicyclic) bond motifs is 5. The molecule has 3 aliphatic rings. The molecule has 6 rings (SSSR count). The number of carbonyl (C=O) groups is 1. The maximum absolute atomic E-state index is 13.8. The molecule has 5 nitrogen and oxygen atoms in total. The average Bonchev–Trinajstić information content (AvgIpc) is 3.16. The SMILES string of the molecule is O=C(OCC1c2ccccc2-c2ccccc21)N1C2CCCC1CC(O)(c1cncc(F)c1)C2. The Morgan fingerprint density at radius 1 is 1.03 bits per heavy atom. The summed E-state index contributed by atoms with van der Waals surface area (Å²) in [6.07, 6.45) is 5.66. The van der Waals surface area contributed by atoms with Gasteiger partial charge in [0.15, 0.2) is 0 Å². The Bertz CT molecular complexity index is 1190. The largest absolute Gasteiger partial charge is 0.448 e. The number of ether oxygens (including phenoxy) is 1. The van der Waals surface area contributed by atoms with Gasteiger partial charge in [0.05, 0.1) is 11.8 Å². The van der Waals surface area contributed by atoms with E-state index in [1.807, 2.05) is 29.2 Å². The van der Waals surface area contributed by atoms with E-state index in [1.165, 1.54) is 34.5 Å². The van der Waals surface area contributed by atoms with Gasteiger partial charge in [0.2, 0.25) is 0 Å². The summed E-state index contributed by atoms with van der Waals surface area (Å²) >= 11 is 0. The molecule has 174 valence electrons. The van der Waals surface area contributed by atoms with Crippen LogP contribution in [0.15, 0.2) is 67.0 Å². The zero-order chi connectivity index (χ0) is 23.3. The van der Waals surface area contributed by atoms with Crippen molar-refractivity contribution in [3.63, 3.8) is 0 Å². The van der Waals surface area contributed by atoms with Crippen molar-refractivity contribution in [3.05, 3.63) is 89.5 Å². The molecular weight excluding hydrogens is 431 g/mol. The van der Waals surface area contributed by atoms with Crippen molar-refractivity contribution in [2.75, 3.05) is 6.61 Å². The molecule has 1 aliphatic carbocycles. The van der Waals surface area contributed by atoms with Crippen LogP contribution in [-0.4, -0.2) is 39.8 Å². The van der Waals surface area contributed by atoms with Gasteiger partial charge in [-0.15, -0.1) is 0 Å². The predicted molar refractivity (Wildman–Crippen MR) is 126 cm³/mol. The molecule has 1 amide bonds. The molecule has 6 heteroatoms. The van der Waals surface area contributed by atoms with Gasteiger partial charge in [0, 0.05) is 42.6 Å². The van der Waals surface area contributed by atoms with E-state index in [0.29, 0.717) is 18.4 Å². The van der Waals surface area contributed by atoms with Crippen molar-refractivity contribution < 1.29 is 19.0 Å². The normalized spacial score (nSPS) is 25.5. The Morgan fingerprint density at radius 3 is 2.26 bits per heavy atom. The van der Waals surface area contributed by atoms with Crippen LogP contribution in [0.2, 0.25) is 0 Å². The Morgan fingerprint density at radius 2 is 1.65 bits per heavy atom. The topological polar surface area (TPSA) is 62.7 Å². The lowest BCUT2D eigenvalue weighted by Crippen LogP contribution is -2.59. The van der Waals surface area contributed by atoms with Crippen LogP contribution in [0.4, 0.5) is 9.18 Å². The molecule has 1 aromatic heterocycles. The number of halogens is 1. The van der Waals surface area contributed by atoms with Crippen LogP contribution < -0.4 is 0 Å². The summed E-state index contributed by atoms with van der Waals surface area (Å²) in [6.45, 7) is 0.279. The highest BCUT2D eigenvalue weighted by atomic mass is 19.1. The smallest absolute Gasteiger partial charge is 0.410 e. The molecule has 3 heterocycles. The molecule has 2 bridgehead atoms. The molecule has 2 unspecified atom stereocenters. The number of aliphatic hydroxyl groups is 1. The van der Waals surface area contributed by atoms with Gasteiger partial charge in [0.1, 0.15) is 12.4 Å². The third-order valence-corrected chi connectivity index (χ3v) is 7.80. The maximum atomic E-state index is 13.8. The van der Waals surface area contributed by atoms with Gasteiger partial charge in [-0.3, -0.25) is 4.98 Å². The van der Waals surface area contributed by atoms with E-state index in [4.69, 9.17) is 4.74 Å². The summed E-state index contributed by atoms with van der Waals surface area (Å²) in [7, 11) is 0. The Labute approximate surface area is 198 Å². The van der Waals surface area contributed by atoms with Crippen LogP contribution in [0.3, 0.4) is 0 Å². The van der Waals surface area contributed by atoms with E-state index in [1.54, 1.807) is 0 Å². The summed E-state index contributed by atoms with van der Waals surface area (Å²) in [5.74, 6) is -0.452. The average molecular weight is 459 g/mol. The van der Waals surface area contributed by atoms with Crippen molar-refractivity contribution in [3.8, 4) is 11.1 Å². The van der Waals surface area contributed by atoms with Gasteiger partial charge >= 0.3 is 6.09 Å². The Kier molecular flexibility index (Phi) is 5.14. The third-order valence-electron chi connectivity index (χ3n) is 7.80. The van der Waals surface area contributed by atoms with E-state index in [2.05, 4.69) is 29.2 Å². The summed E-state index contributed by atoms with van der Waals surface area (Å²) in [4.78, 5) is 19.1. The number of benzene rings is 2. The number of pyridine rings is 1. The van der Waals surface area contributed by atoms with Crippen LogP contribution in [0, 0.1) is 5.82 Å². The quantitative estimate of drug-likeness (QED) is 0.573. The van der Waals surface area contributed by atoms with Crippen LogP contribution in [0.5, 0.6) is 0 Å². The van der Waals surface area contributed by atoms with E-state index in [0.717, 1.165) is 25.5 Å². The van der Waals surface area contributed by atoms with Crippen molar-refractivity contribution in [1.29, 1.82) is 0 Å². The van der Waals surface area contributed by atoms with Gasteiger partial charge in [-0.2, -0.15) is 0 Å². The molecule has 3 aromatic rings. The Balaban J connectivity index is 1.21. The molecule has 0 saturated carbocycles. The second-order valence-corrected chi connectivity index (χ2v) is 9.78. The monoisotopic (exact) mass is 458 g/mol. The van der Waals surface area contributed by atoms with E-state index in [-0.39, 0.29) is 30.7 Å². The molecule has 2 aromatic carbocycles. The maximum Gasteiger partial charge on any atom is 0.410 e. The standard InChI is InChI=1S/C28H27FN2O3/c29-19-12-18(15-30-16-19)28(33)13-20-6-5-7-21(14-28)31(20)27(32)34-17-26-24-10-3-1-8-22(24)23-9-2-4-11-25(23)26/h1-4,8-12,15-16,20-21,26,33H,5-7,13-14,17H2. The molecule has 0 radical (unpaired) electrons. The molecule has 0 spiro atoms. The first-order valence-electron chi connectivity index (χ1n) is 12.0. The zero-order valence-electron chi connectivity index (χ0n) is 18.9. The summed E-state index contributed by atoms with van der Waals surface area (Å²) < 4.78 is 19.7. The van der Waals surface area contributed by atoms with E-state index in [9.17, 15) is 14.3 Å². The number of carbonyl (C=O) groups excluding carboxylic acids is 1. The molecular formula is C28H27FN2O3. The van der Waals surface area contributed by atoms with Crippen molar-refractivity contribution in [2.24, 2.45) is 0 Å². The molecule has 34 heavy (non-hydrogen) atoms. The number of amides is 1. The van der Waals surface area contributed by atoms with Crippen LogP contribution in [0.1, 0.15) is 54.7 Å². The summed E-state index contributed by atoms with van der Waals surface area (Å²) in [5, 5.41) is 11.4. The minimum Gasteiger partial charge on any atom is -0.448 e. The van der Waals surface area contributed by atoms with Crippen molar-refractivity contribution >= 4 is 6.09 Å². The number of aromatic nitrogens is 1. The van der Waals surface area contributed by atoms with Gasteiger partial charge in [-0.1, -0.05) is 48.5 Å². The Hall–Kier alpha value is -3.25. The van der Waals surface area contributed by atoms with Crippen molar-refractivity contribution in [2.45, 2.75) is 55.7 Å². The number of hydrogen-bond donors (Lipinski definition) is 1. The first-order valence-corrected chi connectivity index (χ1v) is 12.0. The lowest BCUT2D eigenvalue weighted by Gasteiger charge is -2.51. The van der Waals surface area contributed by atoms with Gasteiger partial charge in [-0.05, 0) is 47.6 Å². The second kappa shape index (κ2) is 8.20. The highest BCUT2D eigenvalue weighted by Crippen LogP contribution is 2.46. The fourth-order valence-corrected chi connectivity index (χ4v) is 6.30. The predicted octanol–water partition coefficient (Wildman–Crippen LogP) is 5.37. The molecule has 2 aliphatic heterocycles. The lowest BCUT2D eigenvalue weighted by molar-refractivity contribution is -0.0893. The molecule has 2 saturated heterocycles. The molecule has 2 atom stereocenters. The summed E-state index contributed by atoms with van der Waals surface area (Å²) in [6, 6.07) is 17.6. The van der Waals surface area contributed by atoms with Crippen molar-refractivity contribution in [1.82, 2.24) is 9.88 Å². The summed E-state index contributed by atoms with van der Waals surface area (Å²) in [5.41, 5.74) is 4.05. The second-order valence-electron chi connectivity index (χ2n) is 9.78. The van der Waals surface area contributed by atoms with E-state index >= 15 is 0 Å². The zero-order valence-corrected chi connectivity index (χ0v) is 18.9. The van der Waals surface area contributed by atoms with Gasteiger partial charge in [0.25, 0.3) is 0 Å². The first kappa shape index (κ1) is 21.3. The fourth-order valence-electron chi connectivity index (χ4n) is 6.30. The molecule has 1 N–H and O–H groups in total. The number of hydrogen-bond acceptors (Lipinski definition) is 4. The van der Waals surface area contributed by atoms with Gasteiger partial charge < -0.3 is 14.7 Å². The molecule has 2 fully saturated rings.